The van der Waals surface area contributed by atoms with Crippen LogP contribution in [0.3, 0.4) is 0 Å². The molecule has 0 aromatic heterocycles. The third-order valence-corrected chi connectivity index (χ3v) is 4.63. The second kappa shape index (κ2) is 4.49. The first kappa shape index (κ1) is 12.7. The molecule has 0 aliphatic carbocycles. The Morgan fingerprint density at radius 2 is 2.17 bits per heavy atom. The molecular formula is C11H14N2O4S. The number of anilines is 2. The van der Waals surface area contributed by atoms with E-state index in [4.69, 9.17) is 10.8 Å². The van der Waals surface area contributed by atoms with Crippen LogP contribution in [0, 0.1) is 0 Å². The minimum atomic E-state index is -2.99. The molecule has 1 heterocycles. The number of benzene rings is 1. The molecule has 7 heteroatoms. The van der Waals surface area contributed by atoms with Crippen molar-refractivity contribution in [2.75, 3.05) is 22.6 Å². The molecule has 1 saturated heterocycles. The summed E-state index contributed by atoms with van der Waals surface area (Å²) >= 11 is 0. The van der Waals surface area contributed by atoms with Gasteiger partial charge in [0.15, 0.2) is 9.84 Å². The van der Waals surface area contributed by atoms with Crippen LogP contribution >= 0.6 is 0 Å². The molecule has 0 bridgehead atoms. The Kier molecular flexibility index (Phi) is 3.16. The quantitative estimate of drug-likeness (QED) is 0.692. The predicted octanol–water partition coefficient (Wildman–Crippen LogP) is 0.566. The van der Waals surface area contributed by atoms with Crippen LogP contribution in [0.1, 0.15) is 16.8 Å². The second-order valence-electron chi connectivity index (χ2n) is 4.35. The Morgan fingerprint density at radius 3 is 2.72 bits per heavy atom. The molecule has 2 rings (SSSR count). The van der Waals surface area contributed by atoms with Crippen molar-refractivity contribution in [1.82, 2.24) is 0 Å². The van der Waals surface area contributed by atoms with Crippen molar-refractivity contribution in [3.8, 4) is 0 Å². The van der Waals surface area contributed by atoms with E-state index in [0.29, 0.717) is 17.8 Å². The summed E-state index contributed by atoms with van der Waals surface area (Å²) in [5, 5.41) is 12.0. The van der Waals surface area contributed by atoms with E-state index in [1.54, 1.807) is 12.1 Å². The Morgan fingerprint density at radius 1 is 1.44 bits per heavy atom. The lowest BCUT2D eigenvalue weighted by Crippen LogP contribution is -2.22. The van der Waals surface area contributed by atoms with Crippen LogP contribution in [0.4, 0.5) is 11.4 Å². The van der Waals surface area contributed by atoms with E-state index in [1.165, 1.54) is 6.07 Å². The first-order valence-electron chi connectivity index (χ1n) is 5.47. The van der Waals surface area contributed by atoms with Gasteiger partial charge in [-0.3, -0.25) is 0 Å². The largest absolute Gasteiger partial charge is 0.478 e. The topological polar surface area (TPSA) is 109 Å². The molecule has 0 amide bonds. The van der Waals surface area contributed by atoms with Gasteiger partial charge in [0, 0.05) is 17.4 Å². The number of nitrogens with two attached hydrogens (primary N) is 1. The monoisotopic (exact) mass is 270 g/mol. The number of sulfone groups is 1. The van der Waals surface area contributed by atoms with Gasteiger partial charge in [-0.1, -0.05) is 0 Å². The number of nitrogens with one attached hydrogen (secondary N) is 1. The van der Waals surface area contributed by atoms with E-state index in [0.717, 1.165) is 0 Å². The maximum atomic E-state index is 11.3. The number of carboxylic acid groups (broad SMARTS) is 1. The van der Waals surface area contributed by atoms with E-state index in [9.17, 15) is 13.2 Å². The zero-order valence-electron chi connectivity index (χ0n) is 9.59. The van der Waals surface area contributed by atoms with Crippen LogP contribution in [0.25, 0.3) is 0 Å². The summed E-state index contributed by atoms with van der Waals surface area (Å²) in [6, 6.07) is 4.26. The molecule has 1 aliphatic rings. The highest BCUT2D eigenvalue weighted by molar-refractivity contribution is 7.91. The molecule has 18 heavy (non-hydrogen) atoms. The van der Waals surface area contributed by atoms with E-state index >= 15 is 0 Å². The Bertz CT molecular complexity index is 583. The fourth-order valence-electron chi connectivity index (χ4n) is 1.99. The minimum absolute atomic E-state index is 0.0381. The average Bonchev–Trinajstić information content (AvgIpc) is 2.60. The fraction of sp³-hybridized carbons (Fsp3) is 0.364. The van der Waals surface area contributed by atoms with Crippen molar-refractivity contribution in [1.29, 1.82) is 0 Å². The van der Waals surface area contributed by atoms with Gasteiger partial charge in [-0.2, -0.15) is 0 Å². The molecule has 98 valence electrons. The number of rotatable bonds is 3. The van der Waals surface area contributed by atoms with Crippen LogP contribution in [-0.2, 0) is 9.84 Å². The summed E-state index contributed by atoms with van der Waals surface area (Å²) in [6.07, 6.45) is 0.492. The summed E-state index contributed by atoms with van der Waals surface area (Å²) in [4.78, 5) is 11.1. The second-order valence-corrected chi connectivity index (χ2v) is 6.58. The minimum Gasteiger partial charge on any atom is -0.478 e. The SMILES string of the molecule is Nc1ccc(NC2CCS(=O)(=O)C2)c(C(=O)O)c1. The molecule has 1 aromatic carbocycles. The van der Waals surface area contributed by atoms with Crippen LogP contribution in [0.2, 0.25) is 0 Å². The van der Waals surface area contributed by atoms with Crippen LogP contribution in [0.5, 0.6) is 0 Å². The summed E-state index contributed by atoms with van der Waals surface area (Å²) in [5.74, 6) is -0.913. The van der Waals surface area contributed by atoms with Crippen molar-refractivity contribution in [3.05, 3.63) is 23.8 Å². The highest BCUT2D eigenvalue weighted by Gasteiger charge is 2.28. The van der Waals surface area contributed by atoms with Crippen LogP contribution < -0.4 is 11.1 Å². The molecule has 0 radical (unpaired) electrons. The molecule has 0 saturated carbocycles. The Balaban J connectivity index is 2.22. The van der Waals surface area contributed by atoms with E-state index < -0.39 is 15.8 Å². The molecular weight excluding hydrogens is 256 g/mol. The highest BCUT2D eigenvalue weighted by atomic mass is 32.2. The lowest BCUT2D eigenvalue weighted by molar-refractivity contribution is 0.0698. The molecule has 1 aliphatic heterocycles. The third kappa shape index (κ3) is 2.73. The normalized spacial score (nSPS) is 21.7. The molecule has 4 N–H and O–H groups in total. The summed E-state index contributed by atoms with van der Waals surface area (Å²) in [7, 11) is -2.99. The fourth-order valence-corrected chi connectivity index (χ4v) is 3.67. The predicted molar refractivity (Wildman–Crippen MR) is 68.5 cm³/mol. The lowest BCUT2D eigenvalue weighted by Gasteiger charge is -2.14. The zero-order chi connectivity index (χ0) is 13.3. The summed E-state index contributed by atoms with van der Waals surface area (Å²) in [5.41, 5.74) is 6.34. The first-order valence-corrected chi connectivity index (χ1v) is 7.29. The van der Waals surface area contributed by atoms with Gasteiger partial charge in [-0.15, -0.1) is 0 Å². The molecule has 1 unspecified atom stereocenters. The smallest absolute Gasteiger partial charge is 0.337 e. The van der Waals surface area contributed by atoms with Crippen LogP contribution in [0.15, 0.2) is 18.2 Å². The van der Waals surface area contributed by atoms with Gasteiger partial charge in [0.1, 0.15) is 0 Å². The van der Waals surface area contributed by atoms with Gasteiger partial charge in [-0.25, -0.2) is 13.2 Å². The maximum Gasteiger partial charge on any atom is 0.337 e. The number of hydrogen-bond acceptors (Lipinski definition) is 5. The maximum absolute atomic E-state index is 11.3. The van der Waals surface area contributed by atoms with E-state index in [-0.39, 0.29) is 23.1 Å². The number of carbonyl (C=O) groups is 1. The molecule has 1 fully saturated rings. The number of carboxylic acids is 1. The highest BCUT2D eigenvalue weighted by Crippen LogP contribution is 2.23. The number of hydrogen-bond donors (Lipinski definition) is 3. The Hall–Kier alpha value is -1.76. The van der Waals surface area contributed by atoms with Crippen molar-refractivity contribution in [3.63, 3.8) is 0 Å². The van der Waals surface area contributed by atoms with E-state index in [2.05, 4.69) is 5.32 Å². The van der Waals surface area contributed by atoms with Gasteiger partial charge in [0.2, 0.25) is 0 Å². The van der Waals surface area contributed by atoms with Gasteiger partial charge < -0.3 is 16.2 Å². The van der Waals surface area contributed by atoms with Crippen molar-refractivity contribution < 1.29 is 18.3 Å². The first-order chi connectivity index (χ1) is 8.37. The molecule has 1 aromatic rings. The van der Waals surface area contributed by atoms with E-state index in [1.807, 2.05) is 0 Å². The lowest BCUT2D eigenvalue weighted by atomic mass is 10.1. The van der Waals surface area contributed by atoms with Gasteiger partial charge in [0.25, 0.3) is 0 Å². The zero-order valence-corrected chi connectivity index (χ0v) is 10.4. The van der Waals surface area contributed by atoms with Gasteiger partial charge in [0.05, 0.1) is 17.1 Å². The van der Waals surface area contributed by atoms with Crippen LogP contribution in [-0.4, -0.2) is 37.0 Å². The van der Waals surface area contributed by atoms with Gasteiger partial charge in [-0.05, 0) is 24.6 Å². The molecule has 6 nitrogen and oxygen atoms in total. The third-order valence-electron chi connectivity index (χ3n) is 2.87. The van der Waals surface area contributed by atoms with Gasteiger partial charge >= 0.3 is 5.97 Å². The standard InChI is InChI=1S/C11H14N2O4S/c12-7-1-2-10(9(5-7)11(14)15)13-8-3-4-18(16,17)6-8/h1-2,5,8,13H,3-4,6,12H2,(H,14,15). The van der Waals surface area contributed by atoms with Crippen molar-refractivity contribution in [2.45, 2.75) is 12.5 Å². The van der Waals surface area contributed by atoms with Crippen molar-refractivity contribution in [2.24, 2.45) is 0 Å². The molecule has 0 spiro atoms. The van der Waals surface area contributed by atoms with Crippen molar-refractivity contribution >= 4 is 27.2 Å². The summed E-state index contributed by atoms with van der Waals surface area (Å²) < 4.78 is 22.7. The number of nitrogen functional groups attached to an aromatic ring is 1. The average molecular weight is 270 g/mol. The molecule has 1 atom stereocenters. The summed E-state index contributed by atoms with van der Waals surface area (Å²) in [6.45, 7) is 0. The number of aromatic carboxylic acids is 1. The Labute approximate surface area is 105 Å².